The van der Waals surface area contributed by atoms with Crippen LogP contribution in [0, 0.1) is 10.1 Å². The minimum atomic E-state index is -1.23. The molecule has 0 aliphatic rings. The molecule has 3 aromatic rings. The molecule has 36 heavy (non-hydrogen) atoms. The van der Waals surface area contributed by atoms with Gasteiger partial charge in [0.2, 0.25) is 0 Å². The molecule has 5 N–H and O–H groups in total. The molecule has 0 fully saturated rings. The van der Waals surface area contributed by atoms with Gasteiger partial charge in [-0.05, 0) is 66.9 Å². The highest BCUT2D eigenvalue weighted by Crippen LogP contribution is 2.29. The van der Waals surface area contributed by atoms with Gasteiger partial charge in [0, 0.05) is 5.69 Å². The first kappa shape index (κ1) is 26.7. The first-order chi connectivity index (χ1) is 17.2. The molecule has 0 aliphatic heterocycles. The Morgan fingerprint density at radius 3 is 2.00 bits per heavy atom. The average molecular weight is 497 g/mol. The van der Waals surface area contributed by atoms with Crippen LogP contribution in [0.15, 0.2) is 66.7 Å². The summed E-state index contributed by atoms with van der Waals surface area (Å²) in [4.78, 5) is 10.8. The number of hydrazine groups is 1. The Morgan fingerprint density at radius 1 is 0.889 bits per heavy atom. The Hall–Kier alpha value is -3.86. The van der Waals surface area contributed by atoms with Crippen molar-refractivity contribution < 1.29 is 24.6 Å². The molecule has 0 aromatic heterocycles. The summed E-state index contributed by atoms with van der Waals surface area (Å²) in [5.74, 6) is 2.13. The third-order valence-corrected chi connectivity index (χ3v) is 5.59. The molecule has 10 nitrogen and oxygen atoms in total. The normalized spacial score (nSPS) is 13.5. The number of nitro groups is 1. The Morgan fingerprint density at radius 2 is 1.47 bits per heavy atom. The molecule has 0 saturated heterocycles. The summed E-state index contributed by atoms with van der Waals surface area (Å²) in [6.07, 6.45) is -2.24. The van der Waals surface area contributed by atoms with Gasteiger partial charge in [-0.2, -0.15) is 0 Å². The summed E-state index contributed by atoms with van der Waals surface area (Å²) < 4.78 is 10.9. The van der Waals surface area contributed by atoms with E-state index < -0.39 is 23.3 Å². The van der Waals surface area contributed by atoms with Crippen LogP contribution in [0.5, 0.6) is 17.2 Å². The summed E-state index contributed by atoms with van der Waals surface area (Å²) in [6.45, 7) is 5.76. The van der Waals surface area contributed by atoms with Crippen molar-refractivity contribution in [2.75, 3.05) is 17.9 Å². The SMILES string of the molecule is COc1ccc(NNC(C(C)O)C(O)Nc2ccc(Oc3ccc(C(C)C)cc3)cc2)c([N+](=O)[O-])c1. The highest BCUT2D eigenvalue weighted by atomic mass is 16.6. The fraction of sp³-hybridized carbons (Fsp3) is 0.308. The van der Waals surface area contributed by atoms with Gasteiger partial charge in [-0.15, -0.1) is 0 Å². The van der Waals surface area contributed by atoms with E-state index >= 15 is 0 Å². The van der Waals surface area contributed by atoms with Gasteiger partial charge < -0.3 is 30.4 Å². The molecular formula is C26H32N4O6. The number of nitrogens with zero attached hydrogens (tertiary/aromatic N) is 1. The van der Waals surface area contributed by atoms with Gasteiger partial charge in [0.1, 0.15) is 29.2 Å². The molecule has 3 aromatic carbocycles. The zero-order chi connectivity index (χ0) is 26.2. The number of rotatable bonds is 12. The van der Waals surface area contributed by atoms with Crippen LogP contribution >= 0.6 is 0 Å². The van der Waals surface area contributed by atoms with Crippen LogP contribution in [-0.2, 0) is 0 Å². The van der Waals surface area contributed by atoms with Crippen LogP contribution in [0.1, 0.15) is 32.3 Å². The Kier molecular flexibility index (Phi) is 9.07. The fourth-order valence-electron chi connectivity index (χ4n) is 3.46. The summed E-state index contributed by atoms with van der Waals surface area (Å²) in [6, 6.07) is 18.3. The number of nitrogens with one attached hydrogen (secondary N) is 3. The topological polar surface area (TPSA) is 138 Å². The minimum Gasteiger partial charge on any atom is -0.496 e. The van der Waals surface area contributed by atoms with E-state index in [9.17, 15) is 20.3 Å². The van der Waals surface area contributed by atoms with Gasteiger partial charge in [0.15, 0.2) is 0 Å². The van der Waals surface area contributed by atoms with Crippen molar-refractivity contribution in [3.63, 3.8) is 0 Å². The van der Waals surface area contributed by atoms with Crippen molar-refractivity contribution in [1.82, 2.24) is 5.43 Å². The van der Waals surface area contributed by atoms with Crippen LogP contribution in [0.4, 0.5) is 17.1 Å². The van der Waals surface area contributed by atoms with E-state index in [1.807, 2.05) is 24.3 Å². The van der Waals surface area contributed by atoms with Crippen LogP contribution in [0.3, 0.4) is 0 Å². The molecule has 3 unspecified atom stereocenters. The summed E-state index contributed by atoms with van der Waals surface area (Å²) >= 11 is 0. The first-order valence-electron chi connectivity index (χ1n) is 11.5. The number of aliphatic hydroxyl groups is 2. The second-order valence-corrected chi connectivity index (χ2v) is 8.62. The quantitative estimate of drug-likeness (QED) is 0.138. The molecule has 0 spiro atoms. The van der Waals surface area contributed by atoms with Gasteiger partial charge in [0.05, 0.1) is 30.2 Å². The van der Waals surface area contributed by atoms with Crippen molar-refractivity contribution in [2.24, 2.45) is 0 Å². The maximum atomic E-state index is 11.4. The molecule has 3 atom stereocenters. The predicted molar refractivity (Wildman–Crippen MR) is 139 cm³/mol. The van der Waals surface area contributed by atoms with E-state index in [0.29, 0.717) is 23.1 Å². The van der Waals surface area contributed by atoms with Crippen molar-refractivity contribution in [1.29, 1.82) is 0 Å². The highest BCUT2D eigenvalue weighted by Gasteiger charge is 2.25. The lowest BCUT2D eigenvalue weighted by Gasteiger charge is -2.28. The monoisotopic (exact) mass is 496 g/mol. The Labute approximate surface area is 210 Å². The van der Waals surface area contributed by atoms with Crippen LogP contribution in [0.2, 0.25) is 0 Å². The third kappa shape index (κ3) is 7.08. The molecule has 0 heterocycles. The first-order valence-corrected chi connectivity index (χ1v) is 11.5. The van der Waals surface area contributed by atoms with Crippen LogP contribution < -0.4 is 25.6 Å². The second-order valence-electron chi connectivity index (χ2n) is 8.62. The average Bonchev–Trinajstić information content (AvgIpc) is 2.85. The van der Waals surface area contributed by atoms with E-state index in [0.717, 1.165) is 5.75 Å². The largest absolute Gasteiger partial charge is 0.496 e. The summed E-state index contributed by atoms with van der Waals surface area (Å²) in [7, 11) is 1.42. The third-order valence-electron chi connectivity index (χ3n) is 5.59. The maximum absolute atomic E-state index is 11.4. The van der Waals surface area contributed by atoms with Crippen molar-refractivity contribution in [2.45, 2.75) is 45.1 Å². The molecule has 0 amide bonds. The van der Waals surface area contributed by atoms with Crippen LogP contribution in [-0.4, -0.2) is 40.6 Å². The Bertz CT molecular complexity index is 1140. The van der Waals surface area contributed by atoms with Crippen molar-refractivity contribution in [3.05, 3.63) is 82.4 Å². The number of methoxy groups -OCH3 is 1. The smallest absolute Gasteiger partial charge is 0.297 e. The lowest BCUT2D eigenvalue weighted by molar-refractivity contribution is -0.384. The van der Waals surface area contributed by atoms with Gasteiger partial charge in [-0.1, -0.05) is 26.0 Å². The summed E-state index contributed by atoms with van der Waals surface area (Å²) in [5, 5.41) is 35.2. The number of nitro benzene ring substituents is 1. The van der Waals surface area contributed by atoms with E-state index in [1.165, 1.54) is 31.7 Å². The number of ether oxygens (including phenoxy) is 2. The molecule has 0 radical (unpaired) electrons. The zero-order valence-corrected chi connectivity index (χ0v) is 20.6. The number of hydrogen-bond acceptors (Lipinski definition) is 9. The lowest BCUT2D eigenvalue weighted by Crippen LogP contribution is -2.52. The summed E-state index contributed by atoms with van der Waals surface area (Å²) in [5.41, 5.74) is 7.23. The maximum Gasteiger partial charge on any atom is 0.297 e. The van der Waals surface area contributed by atoms with E-state index in [4.69, 9.17) is 9.47 Å². The molecule has 0 aliphatic carbocycles. The second kappa shape index (κ2) is 12.2. The lowest BCUT2D eigenvalue weighted by atomic mass is 10.0. The molecule has 0 bridgehead atoms. The van der Waals surface area contributed by atoms with Crippen molar-refractivity contribution >= 4 is 17.1 Å². The van der Waals surface area contributed by atoms with E-state index in [-0.39, 0.29) is 11.4 Å². The van der Waals surface area contributed by atoms with Gasteiger partial charge >= 0.3 is 0 Å². The standard InChI is InChI=1S/C26H32N4O6/c1-16(2)18-5-9-20(10-6-18)36-21-11-7-19(8-12-21)27-26(32)25(17(3)31)29-28-23-14-13-22(35-4)15-24(23)30(33)34/h5-17,25-29,31-32H,1-4H3. The zero-order valence-electron chi connectivity index (χ0n) is 20.6. The molecule has 192 valence electrons. The minimum absolute atomic E-state index is 0.154. The number of hydrogen-bond donors (Lipinski definition) is 5. The molecule has 10 heteroatoms. The van der Waals surface area contributed by atoms with Gasteiger partial charge in [-0.25, -0.2) is 5.43 Å². The number of benzene rings is 3. The Balaban J connectivity index is 1.62. The predicted octanol–water partition coefficient (Wildman–Crippen LogP) is 4.62. The van der Waals surface area contributed by atoms with E-state index in [2.05, 4.69) is 30.0 Å². The van der Waals surface area contributed by atoms with Gasteiger partial charge in [0.25, 0.3) is 5.69 Å². The van der Waals surface area contributed by atoms with E-state index in [1.54, 1.807) is 30.3 Å². The fourth-order valence-corrected chi connectivity index (χ4v) is 3.46. The van der Waals surface area contributed by atoms with Crippen LogP contribution in [0.25, 0.3) is 0 Å². The number of aliphatic hydroxyl groups excluding tert-OH is 2. The number of anilines is 2. The molecule has 3 rings (SSSR count). The van der Waals surface area contributed by atoms with Gasteiger partial charge in [-0.3, -0.25) is 10.1 Å². The molecule has 0 saturated carbocycles. The highest BCUT2D eigenvalue weighted by molar-refractivity contribution is 5.63. The molecular weight excluding hydrogens is 464 g/mol. The van der Waals surface area contributed by atoms with Crippen molar-refractivity contribution in [3.8, 4) is 17.2 Å².